The zero-order valence-corrected chi connectivity index (χ0v) is 9.36. The predicted molar refractivity (Wildman–Crippen MR) is 53.9 cm³/mol. The summed E-state index contributed by atoms with van der Waals surface area (Å²) in [6, 6.07) is 4.80. The van der Waals surface area contributed by atoms with Crippen molar-refractivity contribution in [2.75, 3.05) is 6.61 Å². The minimum absolute atomic E-state index is 0.442. The summed E-state index contributed by atoms with van der Waals surface area (Å²) in [5, 5.41) is 10.5. The summed E-state index contributed by atoms with van der Waals surface area (Å²) >= 11 is -2.77. The molecule has 1 atom stereocenters. The Morgan fingerprint density at radius 1 is 1.33 bits per heavy atom. The standard InChI is InChI=1S/C8H6F3NO5S/c9-8(10,11)5-16-18(15)17-7-4-2-1-3-6(7)12(13)14/h1-4H,5H2. The van der Waals surface area contributed by atoms with Crippen LogP contribution in [-0.2, 0) is 15.5 Å². The molecule has 0 fully saturated rings. The summed E-state index contributed by atoms with van der Waals surface area (Å²) in [5.74, 6) is -0.442. The molecule has 1 aromatic carbocycles. The Kier molecular flexibility index (Phi) is 4.62. The van der Waals surface area contributed by atoms with Crippen LogP contribution in [0.1, 0.15) is 0 Å². The molecule has 1 aromatic rings. The molecule has 0 N–H and O–H groups in total. The van der Waals surface area contributed by atoms with Crippen LogP contribution in [0, 0.1) is 10.1 Å². The quantitative estimate of drug-likeness (QED) is 0.611. The molecule has 0 heterocycles. The minimum atomic E-state index is -4.67. The van der Waals surface area contributed by atoms with E-state index in [-0.39, 0.29) is 0 Å². The van der Waals surface area contributed by atoms with E-state index in [1.165, 1.54) is 12.1 Å². The second kappa shape index (κ2) is 5.78. The van der Waals surface area contributed by atoms with Gasteiger partial charge in [0.2, 0.25) is 5.75 Å². The van der Waals surface area contributed by atoms with E-state index in [2.05, 4.69) is 8.37 Å². The fourth-order valence-electron chi connectivity index (χ4n) is 0.891. The first kappa shape index (κ1) is 14.4. The highest BCUT2D eigenvalue weighted by atomic mass is 32.2. The van der Waals surface area contributed by atoms with Crippen LogP contribution < -0.4 is 4.18 Å². The van der Waals surface area contributed by atoms with Gasteiger partial charge in [0.05, 0.1) is 4.92 Å². The van der Waals surface area contributed by atoms with E-state index in [4.69, 9.17) is 0 Å². The molecule has 10 heteroatoms. The van der Waals surface area contributed by atoms with Gasteiger partial charge in [0, 0.05) is 6.07 Å². The predicted octanol–water partition coefficient (Wildman–Crippen LogP) is 2.13. The van der Waals surface area contributed by atoms with Gasteiger partial charge in [-0.15, -0.1) is 0 Å². The lowest BCUT2D eigenvalue weighted by Crippen LogP contribution is -2.19. The van der Waals surface area contributed by atoms with Gasteiger partial charge in [-0.3, -0.25) is 10.1 Å². The number of hydrogen-bond donors (Lipinski definition) is 0. The Bertz CT molecular complexity index is 464. The highest BCUT2D eigenvalue weighted by Gasteiger charge is 2.30. The average Bonchev–Trinajstić information content (AvgIpc) is 2.26. The molecule has 0 aliphatic rings. The molecule has 0 aromatic heterocycles. The number of alkyl halides is 3. The molecule has 1 rings (SSSR count). The van der Waals surface area contributed by atoms with E-state index < -0.39 is 40.5 Å². The fraction of sp³-hybridized carbons (Fsp3) is 0.250. The van der Waals surface area contributed by atoms with Crippen LogP contribution >= 0.6 is 0 Å². The maximum atomic E-state index is 11.7. The topological polar surface area (TPSA) is 78.7 Å². The van der Waals surface area contributed by atoms with Gasteiger partial charge < -0.3 is 4.18 Å². The molecular formula is C8H6F3NO5S. The molecule has 0 amide bonds. The third-order valence-electron chi connectivity index (χ3n) is 1.54. The number of hydrogen-bond acceptors (Lipinski definition) is 5. The second-order valence-corrected chi connectivity index (χ2v) is 3.70. The van der Waals surface area contributed by atoms with Crippen molar-refractivity contribution in [3.8, 4) is 5.75 Å². The number of benzene rings is 1. The number of nitrogens with zero attached hydrogens (tertiary/aromatic N) is 1. The van der Waals surface area contributed by atoms with Gasteiger partial charge in [0.15, 0.2) is 6.61 Å². The smallest absolute Gasteiger partial charge is 0.373 e. The third-order valence-corrected chi connectivity index (χ3v) is 2.16. The van der Waals surface area contributed by atoms with Crippen molar-refractivity contribution in [3.63, 3.8) is 0 Å². The Balaban J connectivity index is 2.68. The summed E-state index contributed by atoms with van der Waals surface area (Å²) in [4.78, 5) is 9.70. The van der Waals surface area contributed by atoms with Gasteiger partial charge in [0.1, 0.15) is 0 Å². The first-order valence-corrected chi connectivity index (χ1v) is 5.33. The van der Waals surface area contributed by atoms with Crippen molar-refractivity contribution < 1.29 is 30.7 Å². The van der Waals surface area contributed by atoms with E-state index in [1.807, 2.05) is 0 Å². The van der Waals surface area contributed by atoms with E-state index in [0.29, 0.717) is 0 Å². The average molecular weight is 285 g/mol. The fourth-order valence-corrected chi connectivity index (χ4v) is 1.46. The first-order valence-electron chi connectivity index (χ1n) is 4.33. The molecule has 0 bridgehead atoms. The van der Waals surface area contributed by atoms with Crippen molar-refractivity contribution >= 4 is 17.0 Å². The van der Waals surface area contributed by atoms with Crippen molar-refractivity contribution in [2.45, 2.75) is 6.18 Å². The highest BCUT2D eigenvalue weighted by molar-refractivity contribution is 7.75. The van der Waals surface area contributed by atoms with E-state index in [1.54, 1.807) is 0 Å². The van der Waals surface area contributed by atoms with Crippen LogP contribution in [0.25, 0.3) is 0 Å². The number of nitro groups is 1. The number of halogens is 3. The van der Waals surface area contributed by atoms with Crippen LogP contribution in [0.3, 0.4) is 0 Å². The summed E-state index contributed by atoms with van der Waals surface area (Å²) < 4.78 is 54.5. The van der Waals surface area contributed by atoms with Crippen LogP contribution in [0.4, 0.5) is 18.9 Å². The van der Waals surface area contributed by atoms with Crippen molar-refractivity contribution in [2.24, 2.45) is 0 Å². The maximum Gasteiger partial charge on any atom is 0.413 e. The van der Waals surface area contributed by atoms with Gasteiger partial charge in [-0.25, -0.2) is 4.18 Å². The van der Waals surface area contributed by atoms with E-state index >= 15 is 0 Å². The zero-order chi connectivity index (χ0) is 13.8. The lowest BCUT2D eigenvalue weighted by molar-refractivity contribution is -0.385. The third kappa shape index (κ3) is 4.67. The first-order chi connectivity index (χ1) is 8.29. The number of para-hydroxylation sites is 2. The molecule has 100 valence electrons. The van der Waals surface area contributed by atoms with Crippen molar-refractivity contribution in [1.29, 1.82) is 0 Å². The Morgan fingerprint density at radius 3 is 2.50 bits per heavy atom. The van der Waals surface area contributed by atoms with Gasteiger partial charge in [-0.1, -0.05) is 12.1 Å². The Hall–Kier alpha value is -1.68. The van der Waals surface area contributed by atoms with Crippen LogP contribution in [0.5, 0.6) is 5.75 Å². The van der Waals surface area contributed by atoms with Crippen molar-refractivity contribution in [1.82, 2.24) is 0 Å². The monoisotopic (exact) mass is 285 g/mol. The van der Waals surface area contributed by atoms with E-state index in [9.17, 15) is 27.5 Å². The van der Waals surface area contributed by atoms with Gasteiger partial charge in [0.25, 0.3) is 0 Å². The Morgan fingerprint density at radius 2 is 1.94 bits per heavy atom. The zero-order valence-electron chi connectivity index (χ0n) is 8.55. The second-order valence-electron chi connectivity index (χ2n) is 2.89. The molecule has 0 radical (unpaired) electrons. The molecule has 1 unspecified atom stereocenters. The van der Waals surface area contributed by atoms with Crippen LogP contribution in [0.2, 0.25) is 0 Å². The van der Waals surface area contributed by atoms with Gasteiger partial charge in [-0.05, 0) is 6.07 Å². The minimum Gasteiger partial charge on any atom is -0.373 e. The largest absolute Gasteiger partial charge is 0.413 e. The summed E-state index contributed by atoms with van der Waals surface area (Å²) in [5.41, 5.74) is -0.526. The normalized spacial score (nSPS) is 13.1. The lowest BCUT2D eigenvalue weighted by Gasteiger charge is -2.07. The van der Waals surface area contributed by atoms with Gasteiger partial charge in [-0.2, -0.15) is 17.4 Å². The molecule has 0 aliphatic carbocycles. The lowest BCUT2D eigenvalue weighted by atomic mass is 10.3. The van der Waals surface area contributed by atoms with E-state index in [0.717, 1.165) is 12.1 Å². The highest BCUT2D eigenvalue weighted by Crippen LogP contribution is 2.27. The molecule has 0 saturated heterocycles. The van der Waals surface area contributed by atoms with Gasteiger partial charge >= 0.3 is 23.2 Å². The maximum absolute atomic E-state index is 11.7. The number of nitro benzene ring substituents is 1. The summed E-state index contributed by atoms with van der Waals surface area (Å²) in [7, 11) is 0. The number of rotatable bonds is 5. The van der Waals surface area contributed by atoms with Crippen molar-refractivity contribution in [3.05, 3.63) is 34.4 Å². The molecule has 6 nitrogen and oxygen atoms in total. The molecule has 0 spiro atoms. The molecule has 18 heavy (non-hydrogen) atoms. The van der Waals surface area contributed by atoms with Crippen LogP contribution in [0.15, 0.2) is 24.3 Å². The summed E-state index contributed by atoms with van der Waals surface area (Å²) in [6.07, 6.45) is -4.67. The molecular weight excluding hydrogens is 279 g/mol. The summed E-state index contributed by atoms with van der Waals surface area (Å²) in [6.45, 7) is -1.78. The Labute approximate surface area is 101 Å². The molecule has 0 saturated carbocycles. The van der Waals surface area contributed by atoms with Crippen LogP contribution in [-0.4, -0.2) is 21.9 Å². The molecule has 0 aliphatic heterocycles. The SMILES string of the molecule is O=[N+]([O-])c1ccccc1OS(=O)OCC(F)(F)F.